The molecule has 2 aliphatic heterocycles. The van der Waals surface area contributed by atoms with Crippen LogP contribution in [0.1, 0.15) is 10.7 Å². The molecular formula is C15H21N3O4S. The summed E-state index contributed by atoms with van der Waals surface area (Å²) in [6.07, 6.45) is 0.298. The van der Waals surface area contributed by atoms with E-state index >= 15 is 0 Å². The minimum atomic E-state index is -0.832. The molecule has 1 aromatic rings. The number of fused-ring (bicyclic) bond motifs is 3. The number of rotatable bonds is 4. The number of carboxylic acids is 1. The van der Waals surface area contributed by atoms with Crippen LogP contribution in [0.15, 0.2) is 5.38 Å². The van der Waals surface area contributed by atoms with Gasteiger partial charge in [-0.3, -0.25) is 14.5 Å². The Hall–Kier alpha value is -1.51. The van der Waals surface area contributed by atoms with Crippen molar-refractivity contribution in [2.75, 3.05) is 39.4 Å². The summed E-state index contributed by atoms with van der Waals surface area (Å²) >= 11 is 1.54. The van der Waals surface area contributed by atoms with Crippen molar-refractivity contribution >= 4 is 23.2 Å². The molecule has 2 atom stereocenters. The van der Waals surface area contributed by atoms with Gasteiger partial charge in [0.25, 0.3) is 0 Å². The Bertz CT molecular complexity index is 591. The number of carbonyl (C=O) groups is 2. The molecule has 0 radical (unpaired) electrons. The molecule has 7 nitrogen and oxygen atoms in total. The summed E-state index contributed by atoms with van der Waals surface area (Å²) in [4.78, 5) is 31.8. The van der Waals surface area contributed by atoms with E-state index in [0.29, 0.717) is 39.3 Å². The number of aryl methyl sites for hydroxylation is 1. The summed E-state index contributed by atoms with van der Waals surface area (Å²) in [5.41, 5.74) is 0.805. The summed E-state index contributed by atoms with van der Waals surface area (Å²) < 4.78 is 5.67. The van der Waals surface area contributed by atoms with E-state index in [1.54, 1.807) is 11.3 Å². The van der Waals surface area contributed by atoms with Crippen LogP contribution in [0.2, 0.25) is 0 Å². The summed E-state index contributed by atoms with van der Waals surface area (Å²) in [6.45, 7) is 4.81. The van der Waals surface area contributed by atoms with Crippen molar-refractivity contribution in [2.24, 2.45) is 5.92 Å². The zero-order valence-corrected chi connectivity index (χ0v) is 13.9. The molecule has 2 saturated heterocycles. The first-order valence-electron chi connectivity index (χ1n) is 7.73. The van der Waals surface area contributed by atoms with Crippen LogP contribution in [-0.4, -0.2) is 77.2 Å². The highest BCUT2D eigenvalue weighted by atomic mass is 32.1. The van der Waals surface area contributed by atoms with Gasteiger partial charge in [0.05, 0.1) is 42.9 Å². The number of ether oxygens (including phenoxy) is 1. The molecular weight excluding hydrogens is 318 g/mol. The SMILES string of the molecule is Cc1nc(CC(=O)N2C[C@H]3COC[C@@H]2CN(CC(=O)O)C3)cs1. The highest BCUT2D eigenvalue weighted by molar-refractivity contribution is 7.09. The second-order valence-corrected chi connectivity index (χ2v) is 7.29. The highest BCUT2D eigenvalue weighted by Crippen LogP contribution is 2.21. The lowest BCUT2D eigenvalue weighted by Gasteiger charge is -2.30. The maximum atomic E-state index is 12.7. The fraction of sp³-hybridized carbons (Fsp3) is 0.667. The molecule has 2 fully saturated rings. The Kier molecular flexibility index (Phi) is 4.93. The zero-order chi connectivity index (χ0) is 16.4. The summed E-state index contributed by atoms with van der Waals surface area (Å²) in [6, 6.07) is -0.0888. The number of hydrogen-bond donors (Lipinski definition) is 1. The van der Waals surface area contributed by atoms with Gasteiger partial charge in [-0.05, 0) is 6.92 Å². The van der Waals surface area contributed by atoms with Gasteiger partial charge in [0.1, 0.15) is 0 Å². The van der Waals surface area contributed by atoms with Crippen LogP contribution >= 0.6 is 11.3 Å². The van der Waals surface area contributed by atoms with Crippen LogP contribution in [0.5, 0.6) is 0 Å². The molecule has 2 aliphatic rings. The first-order chi connectivity index (χ1) is 11.0. The van der Waals surface area contributed by atoms with Crippen molar-refractivity contribution < 1.29 is 19.4 Å². The van der Waals surface area contributed by atoms with E-state index in [9.17, 15) is 9.59 Å². The molecule has 2 bridgehead atoms. The van der Waals surface area contributed by atoms with Gasteiger partial charge in [-0.2, -0.15) is 0 Å². The van der Waals surface area contributed by atoms with Gasteiger partial charge in [-0.15, -0.1) is 11.3 Å². The number of aromatic nitrogens is 1. The van der Waals surface area contributed by atoms with E-state index < -0.39 is 5.97 Å². The summed E-state index contributed by atoms with van der Waals surface area (Å²) in [5, 5.41) is 11.9. The van der Waals surface area contributed by atoms with Crippen LogP contribution in [0, 0.1) is 12.8 Å². The number of carboxylic acid groups (broad SMARTS) is 1. The second-order valence-electron chi connectivity index (χ2n) is 6.23. The summed E-state index contributed by atoms with van der Waals surface area (Å²) in [7, 11) is 0. The molecule has 0 aliphatic carbocycles. The van der Waals surface area contributed by atoms with E-state index in [2.05, 4.69) is 4.98 Å². The first kappa shape index (κ1) is 16.4. The standard InChI is InChI=1S/C15H21N3O4S/c1-10-16-12(9-23-10)2-14(19)18-4-11-3-17(6-15(20)21)5-13(18)8-22-7-11/h9,11,13H,2-8H2,1H3,(H,20,21)/t11-,13-/m0/s1. The van der Waals surface area contributed by atoms with Crippen molar-refractivity contribution in [3.05, 3.63) is 16.1 Å². The number of hydrogen-bond acceptors (Lipinski definition) is 6. The van der Waals surface area contributed by atoms with Crippen LogP contribution in [0.25, 0.3) is 0 Å². The van der Waals surface area contributed by atoms with Crippen molar-refractivity contribution in [3.8, 4) is 0 Å². The molecule has 126 valence electrons. The molecule has 0 unspecified atom stereocenters. The fourth-order valence-electron chi connectivity index (χ4n) is 3.31. The van der Waals surface area contributed by atoms with Crippen molar-refractivity contribution in [1.29, 1.82) is 0 Å². The number of aliphatic carboxylic acids is 1. The molecule has 23 heavy (non-hydrogen) atoms. The van der Waals surface area contributed by atoms with E-state index in [4.69, 9.17) is 9.84 Å². The van der Waals surface area contributed by atoms with E-state index in [1.807, 2.05) is 22.1 Å². The lowest BCUT2D eigenvalue weighted by atomic mass is 10.1. The van der Waals surface area contributed by atoms with E-state index in [-0.39, 0.29) is 24.4 Å². The minimum Gasteiger partial charge on any atom is -0.480 e. The largest absolute Gasteiger partial charge is 0.480 e. The predicted octanol–water partition coefficient (Wildman–Crippen LogP) is 0.238. The molecule has 1 amide bonds. The average Bonchev–Trinajstić information content (AvgIpc) is 2.68. The Morgan fingerprint density at radius 2 is 2.22 bits per heavy atom. The van der Waals surface area contributed by atoms with Crippen LogP contribution in [-0.2, 0) is 20.7 Å². The Balaban J connectivity index is 1.71. The maximum absolute atomic E-state index is 12.7. The van der Waals surface area contributed by atoms with Gasteiger partial charge in [0.2, 0.25) is 5.91 Å². The van der Waals surface area contributed by atoms with E-state index in [0.717, 1.165) is 10.7 Å². The summed E-state index contributed by atoms with van der Waals surface area (Å²) in [5.74, 6) is -0.627. The Labute approximate surface area is 138 Å². The lowest BCUT2D eigenvalue weighted by Crippen LogP contribution is -2.47. The fourth-order valence-corrected chi connectivity index (χ4v) is 3.92. The second kappa shape index (κ2) is 6.94. The van der Waals surface area contributed by atoms with Gasteiger partial charge in [-0.1, -0.05) is 0 Å². The van der Waals surface area contributed by atoms with Gasteiger partial charge in [0.15, 0.2) is 0 Å². The zero-order valence-electron chi connectivity index (χ0n) is 13.1. The van der Waals surface area contributed by atoms with Crippen LogP contribution in [0.3, 0.4) is 0 Å². The lowest BCUT2D eigenvalue weighted by molar-refractivity contribution is -0.138. The monoisotopic (exact) mass is 339 g/mol. The van der Waals surface area contributed by atoms with E-state index in [1.165, 1.54) is 0 Å². The molecule has 3 rings (SSSR count). The smallest absolute Gasteiger partial charge is 0.317 e. The molecule has 0 spiro atoms. The molecule has 1 N–H and O–H groups in total. The van der Waals surface area contributed by atoms with Gasteiger partial charge >= 0.3 is 5.97 Å². The van der Waals surface area contributed by atoms with Gasteiger partial charge < -0.3 is 14.7 Å². The van der Waals surface area contributed by atoms with Crippen molar-refractivity contribution in [3.63, 3.8) is 0 Å². The molecule has 8 heteroatoms. The molecule has 1 aromatic heterocycles. The van der Waals surface area contributed by atoms with Crippen molar-refractivity contribution in [1.82, 2.24) is 14.8 Å². The number of carbonyl (C=O) groups excluding carboxylic acids is 1. The third kappa shape index (κ3) is 4.07. The number of nitrogens with zero attached hydrogens (tertiary/aromatic N) is 3. The van der Waals surface area contributed by atoms with Crippen molar-refractivity contribution in [2.45, 2.75) is 19.4 Å². The molecule has 3 heterocycles. The van der Waals surface area contributed by atoms with Gasteiger partial charge in [0, 0.05) is 30.9 Å². The maximum Gasteiger partial charge on any atom is 0.317 e. The third-order valence-corrected chi connectivity index (χ3v) is 5.05. The highest BCUT2D eigenvalue weighted by Gasteiger charge is 2.36. The normalized spacial score (nSPS) is 25.2. The molecule has 0 aromatic carbocycles. The predicted molar refractivity (Wildman–Crippen MR) is 84.4 cm³/mol. The quantitative estimate of drug-likeness (QED) is 0.846. The van der Waals surface area contributed by atoms with Gasteiger partial charge in [-0.25, -0.2) is 4.98 Å². The average molecular weight is 339 g/mol. The Morgan fingerprint density at radius 3 is 2.91 bits per heavy atom. The third-order valence-electron chi connectivity index (χ3n) is 4.22. The first-order valence-corrected chi connectivity index (χ1v) is 8.61. The minimum absolute atomic E-state index is 0.0142. The number of thiazole rings is 1. The van der Waals surface area contributed by atoms with Crippen LogP contribution < -0.4 is 0 Å². The number of amides is 1. The topological polar surface area (TPSA) is 83.0 Å². The Morgan fingerprint density at radius 1 is 1.39 bits per heavy atom. The molecule has 0 saturated carbocycles. The van der Waals surface area contributed by atoms with Crippen LogP contribution in [0.4, 0.5) is 0 Å².